The number of fused-ring (bicyclic) bond motifs is 1. The van der Waals surface area contributed by atoms with Crippen LogP contribution in [0.3, 0.4) is 0 Å². The molecule has 1 aromatic carbocycles. The number of oxazole rings is 1. The molecule has 0 unspecified atom stereocenters. The molecular formula is C21H13F2N5O3. The third-order valence-electron chi connectivity index (χ3n) is 4.68. The third kappa shape index (κ3) is 3.59. The first-order valence-electron chi connectivity index (χ1n) is 9.19. The second-order valence-electron chi connectivity index (χ2n) is 6.66. The lowest BCUT2D eigenvalue weighted by Gasteiger charge is -2.04. The van der Waals surface area contributed by atoms with Crippen molar-refractivity contribution < 1.29 is 17.6 Å². The summed E-state index contributed by atoms with van der Waals surface area (Å²) in [6.45, 7) is 0.171. The Balaban J connectivity index is 1.42. The lowest BCUT2D eigenvalue weighted by molar-refractivity contribution is 0.116. The maximum atomic E-state index is 12.6. The topological polar surface area (TPSA) is 99.8 Å². The molecule has 0 radical (unpaired) electrons. The summed E-state index contributed by atoms with van der Waals surface area (Å²) in [5.74, 6) is -1.31. The number of nitrogens with zero attached hydrogens (tertiary/aromatic N) is 5. The molecular weight excluding hydrogens is 408 g/mol. The highest BCUT2D eigenvalue weighted by Gasteiger charge is 2.17. The van der Waals surface area contributed by atoms with Crippen LogP contribution in [0.1, 0.15) is 18.0 Å². The summed E-state index contributed by atoms with van der Waals surface area (Å²) < 4.78 is 37.0. The molecule has 4 heterocycles. The molecule has 0 spiro atoms. The Morgan fingerprint density at radius 2 is 1.84 bits per heavy atom. The second kappa shape index (κ2) is 7.56. The number of pyridine rings is 2. The minimum Gasteiger partial charge on any atom is -0.415 e. The van der Waals surface area contributed by atoms with Crippen LogP contribution in [-0.4, -0.2) is 24.7 Å². The van der Waals surface area contributed by atoms with Gasteiger partial charge in [0, 0.05) is 24.2 Å². The van der Waals surface area contributed by atoms with Gasteiger partial charge in [-0.1, -0.05) is 12.1 Å². The molecule has 10 heteroatoms. The monoisotopic (exact) mass is 421 g/mol. The molecule has 154 valence electrons. The molecule has 0 saturated heterocycles. The van der Waals surface area contributed by atoms with Crippen molar-refractivity contribution >= 4 is 11.1 Å². The summed E-state index contributed by atoms with van der Waals surface area (Å²) in [6.07, 6.45) is 2.00. The van der Waals surface area contributed by atoms with Gasteiger partial charge >= 0.3 is 12.2 Å². The van der Waals surface area contributed by atoms with E-state index in [1.807, 2.05) is 18.2 Å². The van der Waals surface area contributed by atoms with Crippen molar-refractivity contribution in [2.24, 2.45) is 0 Å². The standard InChI is InChI=1S/C21H13F2N5O3/c22-18(23)20-27-26-19(31-20)14-3-5-15(25-10-14)11-28-16-6-4-12(8-17(16)30-21(28)29)13-2-1-7-24-9-13/h1-10,18H,11H2. The lowest BCUT2D eigenvalue weighted by atomic mass is 10.1. The Morgan fingerprint density at radius 3 is 2.55 bits per heavy atom. The smallest absolute Gasteiger partial charge is 0.415 e. The van der Waals surface area contributed by atoms with Crippen molar-refractivity contribution in [2.45, 2.75) is 13.0 Å². The molecule has 0 aliphatic carbocycles. The number of halogens is 2. The molecule has 0 atom stereocenters. The van der Waals surface area contributed by atoms with Crippen LogP contribution >= 0.6 is 0 Å². The van der Waals surface area contributed by atoms with Crippen LogP contribution in [0.15, 0.2) is 74.7 Å². The van der Waals surface area contributed by atoms with Gasteiger partial charge in [0.15, 0.2) is 5.58 Å². The maximum absolute atomic E-state index is 12.6. The van der Waals surface area contributed by atoms with E-state index in [9.17, 15) is 13.6 Å². The van der Waals surface area contributed by atoms with E-state index in [0.717, 1.165) is 11.1 Å². The molecule has 0 bridgehead atoms. The molecule has 0 N–H and O–H groups in total. The van der Waals surface area contributed by atoms with Gasteiger partial charge < -0.3 is 8.83 Å². The number of benzene rings is 1. The first kappa shape index (κ1) is 18.8. The molecule has 8 nitrogen and oxygen atoms in total. The van der Waals surface area contributed by atoms with Crippen LogP contribution in [0.4, 0.5) is 8.78 Å². The normalized spacial score (nSPS) is 11.5. The molecule has 0 aliphatic heterocycles. The van der Waals surface area contributed by atoms with Crippen molar-refractivity contribution in [2.75, 3.05) is 0 Å². The molecule has 0 amide bonds. The zero-order chi connectivity index (χ0) is 21.4. The van der Waals surface area contributed by atoms with Gasteiger partial charge in [0.1, 0.15) is 0 Å². The number of hydrogen-bond acceptors (Lipinski definition) is 7. The minimum atomic E-state index is -2.84. The fraction of sp³-hybridized carbons (Fsp3) is 0.0952. The maximum Gasteiger partial charge on any atom is 0.420 e. The van der Waals surface area contributed by atoms with E-state index in [4.69, 9.17) is 8.83 Å². The number of rotatable bonds is 5. The van der Waals surface area contributed by atoms with Crippen LogP contribution in [-0.2, 0) is 6.54 Å². The molecule has 5 rings (SSSR count). The fourth-order valence-electron chi connectivity index (χ4n) is 3.18. The summed E-state index contributed by atoms with van der Waals surface area (Å²) in [6, 6.07) is 12.5. The SMILES string of the molecule is O=c1oc2cc(-c3cccnc3)ccc2n1Cc1ccc(-c2nnc(C(F)F)o2)cn1. The van der Waals surface area contributed by atoms with Crippen molar-refractivity contribution in [3.05, 3.63) is 83.2 Å². The van der Waals surface area contributed by atoms with E-state index in [0.29, 0.717) is 22.4 Å². The highest BCUT2D eigenvalue weighted by Crippen LogP contribution is 2.25. The predicted molar refractivity (Wildman–Crippen MR) is 105 cm³/mol. The quantitative estimate of drug-likeness (QED) is 0.421. The number of aromatic nitrogens is 5. The fourth-order valence-corrected chi connectivity index (χ4v) is 3.18. The first-order chi connectivity index (χ1) is 15.1. The van der Waals surface area contributed by atoms with Gasteiger partial charge in [0.2, 0.25) is 5.89 Å². The summed E-state index contributed by atoms with van der Waals surface area (Å²) in [4.78, 5) is 20.8. The summed E-state index contributed by atoms with van der Waals surface area (Å²) in [5.41, 5.74) is 3.84. The van der Waals surface area contributed by atoms with Crippen molar-refractivity contribution in [1.29, 1.82) is 0 Å². The zero-order valence-electron chi connectivity index (χ0n) is 15.8. The highest BCUT2D eigenvalue weighted by atomic mass is 19.3. The van der Waals surface area contributed by atoms with Crippen LogP contribution < -0.4 is 5.76 Å². The summed E-state index contributed by atoms with van der Waals surface area (Å²) >= 11 is 0. The van der Waals surface area contributed by atoms with E-state index in [1.54, 1.807) is 36.7 Å². The largest absolute Gasteiger partial charge is 0.420 e. The van der Waals surface area contributed by atoms with Crippen LogP contribution in [0, 0.1) is 0 Å². The van der Waals surface area contributed by atoms with Gasteiger partial charge in [-0.25, -0.2) is 4.79 Å². The number of hydrogen-bond donors (Lipinski definition) is 0. The molecule has 5 aromatic rings. The second-order valence-corrected chi connectivity index (χ2v) is 6.66. The molecule has 31 heavy (non-hydrogen) atoms. The van der Waals surface area contributed by atoms with Crippen molar-refractivity contribution in [3.8, 4) is 22.6 Å². The minimum absolute atomic E-state index is 0.0526. The van der Waals surface area contributed by atoms with E-state index < -0.39 is 18.1 Å². The van der Waals surface area contributed by atoms with Gasteiger partial charge in [-0.15, -0.1) is 10.2 Å². The van der Waals surface area contributed by atoms with Crippen molar-refractivity contribution in [1.82, 2.24) is 24.7 Å². The Bertz CT molecular complexity index is 1410. The molecule has 0 saturated carbocycles. The summed E-state index contributed by atoms with van der Waals surface area (Å²) in [7, 11) is 0. The van der Waals surface area contributed by atoms with E-state index in [1.165, 1.54) is 10.8 Å². The van der Waals surface area contributed by atoms with Gasteiger partial charge in [-0.3, -0.25) is 14.5 Å². The third-order valence-corrected chi connectivity index (χ3v) is 4.68. The van der Waals surface area contributed by atoms with Crippen LogP contribution in [0.2, 0.25) is 0 Å². The van der Waals surface area contributed by atoms with E-state index in [-0.39, 0.29) is 12.4 Å². The number of alkyl halides is 2. The zero-order valence-corrected chi connectivity index (χ0v) is 15.8. The first-order valence-corrected chi connectivity index (χ1v) is 9.19. The van der Waals surface area contributed by atoms with Gasteiger partial charge in [-0.2, -0.15) is 8.78 Å². The van der Waals surface area contributed by atoms with E-state index >= 15 is 0 Å². The average molecular weight is 421 g/mol. The Labute approximate surface area is 172 Å². The Hall–Kier alpha value is -4.21. The average Bonchev–Trinajstić information content (AvgIpc) is 3.40. The lowest BCUT2D eigenvalue weighted by Crippen LogP contribution is -2.15. The molecule has 0 fully saturated rings. The Kier molecular flexibility index (Phi) is 4.58. The molecule has 4 aromatic heterocycles. The van der Waals surface area contributed by atoms with Crippen LogP contribution in [0.25, 0.3) is 33.7 Å². The summed E-state index contributed by atoms with van der Waals surface area (Å²) in [5, 5.41) is 6.88. The Morgan fingerprint density at radius 1 is 0.968 bits per heavy atom. The van der Waals surface area contributed by atoms with Gasteiger partial charge in [0.25, 0.3) is 5.89 Å². The highest BCUT2D eigenvalue weighted by molar-refractivity contribution is 5.80. The van der Waals surface area contributed by atoms with Crippen LogP contribution in [0.5, 0.6) is 0 Å². The predicted octanol–water partition coefficient (Wildman–Crippen LogP) is 4.09. The van der Waals surface area contributed by atoms with Crippen molar-refractivity contribution in [3.63, 3.8) is 0 Å². The molecule has 0 aliphatic rings. The van der Waals surface area contributed by atoms with Gasteiger partial charge in [0.05, 0.1) is 23.3 Å². The van der Waals surface area contributed by atoms with Gasteiger partial charge in [-0.05, 0) is 35.9 Å². The van der Waals surface area contributed by atoms with E-state index in [2.05, 4.69) is 20.2 Å².